The molecular weight excluding hydrogens is 360 g/mol. The summed E-state index contributed by atoms with van der Waals surface area (Å²) in [5, 5.41) is 2.31. The van der Waals surface area contributed by atoms with Crippen LogP contribution in [0.25, 0.3) is 4.96 Å². The van der Waals surface area contributed by atoms with Crippen LogP contribution in [0.3, 0.4) is 0 Å². The standard InChI is InChI=1S/C13H11ClN4O3S2/c14-9-1-3-11(4-2-9)23(20,21)17-16-12(19)7-10-8-18-5-6-22-13(18)15-10/h1-6,8,17H,7H2,(H,16,19). The Bertz CT molecular complexity index is 919. The number of nitrogens with zero attached hydrogens (tertiary/aromatic N) is 2. The van der Waals surface area contributed by atoms with E-state index in [4.69, 9.17) is 11.6 Å². The van der Waals surface area contributed by atoms with Crippen molar-refractivity contribution >= 4 is 43.8 Å². The third kappa shape index (κ3) is 3.70. The smallest absolute Gasteiger partial charge is 0.257 e. The van der Waals surface area contributed by atoms with Crippen LogP contribution in [0.15, 0.2) is 46.9 Å². The van der Waals surface area contributed by atoms with Crippen LogP contribution in [0.1, 0.15) is 5.69 Å². The van der Waals surface area contributed by atoms with Gasteiger partial charge in [0.05, 0.1) is 17.0 Å². The first kappa shape index (κ1) is 15.9. The molecule has 120 valence electrons. The van der Waals surface area contributed by atoms with E-state index in [1.54, 1.807) is 10.6 Å². The second-order valence-electron chi connectivity index (χ2n) is 4.61. The minimum atomic E-state index is -3.84. The minimum Gasteiger partial charge on any atom is -0.297 e. The lowest BCUT2D eigenvalue weighted by atomic mass is 10.3. The number of hydrogen-bond acceptors (Lipinski definition) is 5. The highest BCUT2D eigenvalue weighted by Gasteiger charge is 2.15. The number of hydrogen-bond donors (Lipinski definition) is 2. The molecule has 0 aliphatic rings. The maximum Gasteiger partial charge on any atom is 0.257 e. The Balaban J connectivity index is 1.61. The molecule has 23 heavy (non-hydrogen) atoms. The molecule has 2 N–H and O–H groups in total. The molecule has 0 aliphatic heterocycles. The van der Waals surface area contributed by atoms with Gasteiger partial charge >= 0.3 is 0 Å². The summed E-state index contributed by atoms with van der Waals surface area (Å²) in [5.41, 5.74) is 2.72. The molecule has 0 bridgehead atoms. The fourth-order valence-corrected chi connectivity index (χ4v) is 3.57. The van der Waals surface area contributed by atoms with Gasteiger partial charge in [0.2, 0.25) is 5.91 Å². The molecular formula is C13H11ClN4O3S2. The Kier molecular flexibility index (Phi) is 4.35. The topological polar surface area (TPSA) is 92.6 Å². The largest absolute Gasteiger partial charge is 0.297 e. The van der Waals surface area contributed by atoms with Crippen LogP contribution in [-0.4, -0.2) is 23.7 Å². The van der Waals surface area contributed by atoms with Crippen molar-refractivity contribution in [1.29, 1.82) is 0 Å². The normalized spacial score (nSPS) is 11.7. The highest BCUT2D eigenvalue weighted by atomic mass is 35.5. The molecule has 0 radical (unpaired) electrons. The summed E-state index contributed by atoms with van der Waals surface area (Å²) in [6, 6.07) is 5.60. The van der Waals surface area contributed by atoms with E-state index in [-0.39, 0.29) is 11.3 Å². The highest BCUT2D eigenvalue weighted by Crippen LogP contribution is 2.14. The zero-order valence-electron chi connectivity index (χ0n) is 11.6. The van der Waals surface area contributed by atoms with Crippen molar-refractivity contribution in [3.8, 4) is 0 Å². The summed E-state index contributed by atoms with van der Waals surface area (Å²) in [6.07, 6.45) is 3.52. The zero-order valence-corrected chi connectivity index (χ0v) is 14.0. The van der Waals surface area contributed by atoms with Crippen molar-refractivity contribution in [3.63, 3.8) is 0 Å². The van der Waals surface area contributed by atoms with Crippen LogP contribution in [0, 0.1) is 0 Å². The van der Waals surface area contributed by atoms with E-state index < -0.39 is 15.9 Å². The molecule has 2 heterocycles. The number of amides is 1. The Morgan fingerprint density at radius 1 is 1.30 bits per heavy atom. The number of nitrogens with one attached hydrogen (secondary N) is 2. The summed E-state index contributed by atoms with van der Waals surface area (Å²) < 4.78 is 25.8. The highest BCUT2D eigenvalue weighted by molar-refractivity contribution is 7.89. The molecule has 3 aromatic rings. The first-order chi connectivity index (χ1) is 10.9. The van der Waals surface area contributed by atoms with Crippen LogP contribution in [0.4, 0.5) is 0 Å². The second-order valence-corrected chi connectivity index (χ2v) is 7.60. The van der Waals surface area contributed by atoms with E-state index in [2.05, 4.69) is 10.4 Å². The van der Waals surface area contributed by atoms with E-state index in [9.17, 15) is 13.2 Å². The molecule has 0 fully saturated rings. The molecule has 7 nitrogen and oxygen atoms in total. The third-order valence-corrected chi connectivity index (χ3v) is 5.22. The summed E-state index contributed by atoms with van der Waals surface area (Å²) in [7, 11) is -3.84. The number of imidazole rings is 1. The first-order valence-corrected chi connectivity index (χ1v) is 9.15. The maximum absolute atomic E-state index is 12.0. The van der Waals surface area contributed by atoms with Crippen molar-refractivity contribution in [2.75, 3.05) is 0 Å². The van der Waals surface area contributed by atoms with Crippen molar-refractivity contribution < 1.29 is 13.2 Å². The van der Waals surface area contributed by atoms with Crippen molar-refractivity contribution in [2.45, 2.75) is 11.3 Å². The Labute approximate surface area is 140 Å². The van der Waals surface area contributed by atoms with Gasteiger partial charge < -0.3 is 0 Å². The predicted molar refractivity (Wildman–Crippen MR) is 86.7 cm³/mol. The molecule has 1 aromatic carbocycles. The fourth-order valence-electron chi connectivity index (χ4n) is 1.87. The lowest BCUT2D eigenvalue weighted by molar-refractivity contribution is -0.120. The molecule has 0 saturated carbocycles. The van der Waals surface area contributed by atoms with Crippen LogP contribution >= 0.6 is 22.9 Å². The molecule has 2 aromatic heterocycles. The van der Waals surface area contributed by atoms with Gasteiger partial charge in [0.1, 0.15) is 0 Å². The average Bonchev–Trinajstić information content (AvgIpc) is 3.07. The molecule has 1 amide bonds. The number of benzene rings is 1. The molecule has 3 rings (SSSR count). The van der Waals surface area contributed by atoms with Gasteiger partial charge in [-0.2, -0.15) is 0 Å². The number of hydrazine groups is 1. The van der Waals surface area contributed by atoms with E-state index in [0.29, 0.717) is 10.7 Å². The molecule has 10 heteroatoms. The SMILES string of the molecule is O=C(Cc1cn2ccsc2n1)NNS(=O)(=O)c1ccc(Cl)cc1. The van der Waals surface area contributed by atoms with Crippen LogP contribution < -0.4 is 10.3 Å². The number of carbonyl (C=O) groups excluding carboxylic acids is 1. The average molecular weight is 371 g/mol. The molecule has 0 spiro atoms. The van der Waals surface area contributed by atoms with E-state index in [1.807, 2.05) is 16.4 Å². The molecule has 0 atom stereocenters. The number of sulfonamides is 1. The van der Waals surface area contributed by atoms with Crippen LogP contribution in [0.2, 0.25) is 5.02 Å². The Morgan fingerprint density at radius 2 is 2.04 bits per heavy atom. The molecule has 0 unspecified atom stereocenters. The van der Waals surface area contributed by atoms with Gasteiger partial charge in [-0.25, -0.2) is 13.4 Å². The Hall–Kier alpha value is -1.94. The van der Waals surface area contributed by atoms with Gasteiger partial charge in [0.15, 0.2) is 4.96 Å². The lowest BCUT2D eigenvalue weighted by Gasteiger charge is -2.07. The fraction of sp³-hybridized carbons (Fsp3) is 0.0769. The number of thiazole rings is 1. The van der Waals surface area contributed by atoms with Gasteiger partial charge in [0.25, 0.3) is 10.0 Å². The van der Waals surface area contributed by atoms with Gasteiger partial charge in [0, 0.05) is 22.8 Å². The van der Waals surface area contributed by atoms with Gasteiger partial charge in [-0.05, 0) is 24.3 Å². The molecule has 0 saturated heterocycles. The van der Waals surface area contributed by atoms with Crippen molar-refractivity contribution in [3.05, 3.63) is 52.8 Å². The second kappa shape index (κ2) is 6.28. The van der Waals surface area contributed by atoms with Gasteiger partial charge in [-0.3, -0.25) is 14.6 Å². The third-order valence-electron chi connectivity index (χ3n) is 2.93. The van der Waals surface area contributed by atoms with E-state index in [0.717, 1.165) is 4.96 Å². The number of carbonyl (C=O) groups is 1. The lowest BCUT2D eigenvalue weighted by Crippen LogP contribution is -2.42. The molecule has 0 aliphatic carbocycles. The zero-order chi connectivity index (χ0) is 16.4. The predicted octanol–water partition coefficient (Wildman–Crippen LogP) is 1.60. The summed E-state index contributed by atoms with van der Waals surface area (Å²) in [5.74, 6) is -0.506. The number of fused-ring (bicyclic) bond motifs is 1. The number of halogens is 1. The minimum absolute atomic E-state index is 0.00436. The van der Waals surface area contributed by atoms with E-state index in [1.165, 1.54) is 35.6 Å². The summed E-state index contributed by atoms with van der Waals surface area (Å²) >= 11 is 7.16. The monoisotopic (exact) mass is 370 g/mol. The number of aromatic nitrogens is 2. The summed E-state index contributed by atoms with van der Waals surface area (Å²) in [4.78, 5) is 18.9. The van der Waals surface area contributed by atoms with Crippen molar-refractivity contribution in [1.82, 2.24) is 19.6 Å². The maximum atomic E-state index is 12.0. The Morgan fingerprint density at radius 3 is 2.74 bits per heavy atom. The van der Waals surface area contributed by atoms with Gasteiger partial charge in [-0.1, -0.05) is 11.6 Å². The first-order valence-electron chi connectivity index (χ1n) is 6.41. The van der Waals surface area contributed by atoms with E-state index >= 15 is 0 Å². The van der Waals surface area contributed by atoms with Crippen LogP contribution in [0.5, 0.6) is 0 Å². The summed E-state index contributed by atoms with van der Waals surface area (Å²) in [6.45, 7) is 0. The van der Waals surface area contributed by atoms with Crippen LogP contribution in [-0.2, 0) is 21.2 Å². The quantitative estimate of drug-likeness (QED) is 0.667. The number of rotatable bonds is 5. The van der Waals surface area contributed by atoms with Gasteiger partial charge in [-0.15, -0.1) is 16.2 Å². The van der Waals surface area contributed by atoms with Crippen molar-refractivity contribution in [2.24, 2.45) is 0 Å².